The number of hydrogen-bond acceptors (Lipinski definition) is 3. The maximum Gasteiger partial charge on any atom is 0.191 e. The van der Waals surface area contributed by atoms with Crippen molar-refractivity contribution in [1.29, 1.82) is 0 Å². The number of benzene rings is 1. The molecular weight excluding hydrogens is 367 g/mol. The highest BCUT2D eigenvalue weighted by Gasteiger charge is 2.24. The fourth-order valence-corrected chi connectivity index (χ4v) is 2.94. The molecule has 0 spiro atoms. The van der Waals surface area contributed by atoms with E-state index in [1.165, 1.54) is 12.1 Å². The van der Waals surface area contributed by atoms with E-state index in [-0.39, 0.29) is 11.2 Å². The molecule has 0 aliphatic heterocycles. The van der Waals surface area contributed by atoms with Crippen molar-refractivity contribution in [1.82, 2.24) is 25.4 Å². The van der Waals surface area contributed by atoms with Crippen molar-refractivity contribution in [2.24, 2.45) is 12.0 Å². The lowest BCUT2D eigenvalue weighted by Gasteiger charge is -2.27. The second-order valence-corrected chi connectivity index (χ2v) is 7.33. The van der Waals surface area contributed by atoms with Crippen molar-refractivity contribution >= 4 is 17.6 Å². The van der Waals surface area contributed by atoms with Gasteiger partial charge in [-0.1, -0.05) is 37.6 Å². The summed E-state index contributed by atoms with van der Waals surface area (Å²) in [5.74, 6) is 1.89. The van der Waals surface area contributed by atoms with Crippen molar-refractivity contribution in [3.63, 3.8) is 0 Å². The van der Waals surface area contributed by atoms with Crippen LogP contribution in [-0.4, -0.2) is 33.8 Å². The van der Waals surface area contributed by atoms with Crippen LogP contribution in [0.4, 0.5) is 4.39 Å². The summed E-state index contributed by atoms with van der Waals surface area (Å²) in [5.41, 5.74) is 0.535. The van der Waals surface area contributed by atoms with Crippen LogP contribution < -0.4 is 10.6 Å². The first-order valence-electron chi connectivity index (χ1n) is 8.68. The first-order chi connectivity index (χ1) is 12.7. The summed E-state index contributed by atoms with van der Waals surface area (Å²) in [7, 11) is 1.91. The zero-order valence-electron chi connectivity index (χ0n) is 16.2. The van der Waals surface area contributed by atoms with Crippen LogP contribution in [0.15, 0.2) is 35.8 Å². The molecule has 0 aliphatic carbocycles. The number of nitrogens with zero attached hydrogens (tertiary/aromatic N) is 4. The topological polar surface area (TPSA) is 67.1 Å². The molecule has 0 unspecified atom stereocenters. The zero-order chi connectivity index (χ0) is 20.0. The van der Waals surface area contributed by atoms with E-state index in [4.69, 9.17) is 11.6 Å². The number of halogens is 2. The lowest BCUT2D eigenvalue weighted by molar-refractivity contribution is 0.507. The molecule has 27 heavy (non-hydrogen) atoms. The van der Waals surface area contributed by atoms with E-state index in [0.717, 1.165) is 17.2 Å². The average molecular weight is 393 g/mol. The Labute approximate surface area is 164 Å². The molecule has 0 radical (unpaired) electrons. The van der Waals surface area contributed by atoms with Gasteiger partial charge in [0.25, 0.3) is 0 Å². The molecule has 1 aromatic heterocycles. The highest BCUT2D eigenvalue weighted by molar-refractivity contribution is 6.31. The third-order valence-electron chi connectivity index (χ3n) is 4.33. The van der Waals surface area contributed by atoms with Gasteiger partial charge in [0, 0.05) is 30.6 Å². The van der Waals surface area contributed by atoms with Gasteiger partial charge in [0.15, 0.2) is 11.8 Å². The minimum Gasteiger partial charge on any atom is -0.356 e. The molecule has 1 heterocycles. The lowest BCUT2D eigenvalue weighted by atomic mass is 9.84. The fraction of sp³-hybridized carbons (Fsp3) is 0.421. The summed E-state index contributed by atoms with van der Waals surface area (Å²) in [5, 5.41) is 15.1. The Morgan fingerprint density at radius 3 is 2.70 bits per heavy atom. The Bertz CT molecular complexity index is 828. The Morgan fingerprint density at radius 1 is 1.37 bits per heavy atom. The minimum atomic E-state index is -0.346. The standard InChI is InChI=1S/C19H26ClFN6/c1-6-9-22-18(23-11-17-26-25-13(2)27(17)5)24-12-19(3,4)15-8-7-14(21)10-16(15)20/h6-8,10H,1,9,11-12H2,2-5H3,(H2,22,23,24). The SMILES string of the molecule is C=CCNC(=NCc1nnc(C)n1C)NCC(C)(C)c1ccc(F)cc1Cl. The molecule has 0 saturated heterocycles. The van der Waals surface area contributed by atoms with E-state index in [0.29, 0.717) is 30.6 Å². The van der Waals surface area contributed by atoms with Crippen LogP contribution in [-0.2, 0) is 19.0 Å². The van der Waals surface area contributed by atoms with Gasteiger partial charge in [-0.05, 0) is 24.6 Å². The number of guanidine groups is 1. The van der Waals surface area contributed by atoms with Crippen molar-refractivity contribution in [3.8, 4) is 0 Å². The Balaban J connectivity index is 2.11. The molecule has 6 nitrogen and oxygen atoms in total. The molecule has 1 aromatic carbocycles. The van der Waals surface area contributed by atoms with E-state index in [1.807, 2.05) is 32.4 Å². The van der Waals surface area contributed by atoms with Crippen LogP contribution >= 0.6 is 11.6 Å². The maximum absolute atomic E-state index is 13.3. The van der Waals surface area contributed by atoms with Gasteiger partial charge >= 0.3 is 0 Å². The van der Waals surface area contributed by atoms with Gasteiger partial charge in [-0.2, -0.15) is 0 Å². The highest BCUT2D eigenvalue weighted by Crippen LogP contribution is 2.29. The van der Waals surface area contributed by atoms with Crippen molar-refractivity contribution in [3.05, 3.63) is 58.9 Å². The molecule has 0 fully saturated rings. The van der Waals surface area contributed by atoms with E-state index in [9.17, 15) is 4.39 Å². The molecule has 0 aliphatic rings. The smallest absolute Gasteiger partial charge is 0.191 e. The van der Waals surface area contributed by atoms with Gasteiger partial charge in [0.05, 0.1) is 0 Å². The molecule has 8 heteroatoms. The molecule has 2 aromatic rings. The van der Waals surface area contributed by atoms with E-state index in [1.54, 1.807) is 12.1 Å². The van der Waals surface area contributed by atoms with Crippen LogP contribution in [0.3, 0.4) is 0 Å². The third-order valence-corrected chi connectivity index (χ3v) is 4.65. The number of aromatic nitrogens is 3. The zero-order valence-corrected chi connectivity index (χ0v) is 16.9. The molecule has 2 N–H and O–H groups in total. The quantitative estimate of drug-likeness (QED) is 0.431. The first kappa shape index (κ1) is 20.9. The fourth-order valence-electron chi connectivity index (χ4n) is 2.52. The summed E-state index contributed by atoms with van der Waals surface area (Å²) in [6.07, 6.45) is 1.76. The summed E-state index contributed by atoms with van der Waals surface area (Å²) in [4.78, 5) is 4.57. The van der Waals surface area contributed by atoms with Gasteiger partial charge in [-0.25, -0.2) is 9.38 Å². The lowest BCUT2D eigenvalue weighted by Crippen LogP contribution is -2.43. The van der Waals surface area contributed by atoms with Crippen LogP contribution in [0, 0.1) is 12.7 Å². The molecular formula is C19H26ClFN6. The third kappa shape index (κ3) is 5.53. The predicted molar refractivity (Wildman–Crippen MR) is 108 cm³/mol. The maximum atomic E-state index is 13.3. The number of aryl methyl sites for hydroxylation is 1. The number of aliphatic imine (C=N–C) groups is 1. The minimum absolute atomic E-state index is 0.331. The summed E-state index contributed by atoms with van der Waals surface area (Å²) in [6, 6.07) is 4.47. The van der Waals surface area contributed by atoms with Crippen molar-refractivity contribution < 1.29 is 4.39 Å². The van der Waals surface area contributed by atoms with Gasteiger partial charge in [-0.3, -0.25) is 0 Å². The van der Waals surface area contributed by atoms with Crippen LogP contribution in [0.25, 0.3) is 0 Å². The van der Waals surface area contributed by atoms with E-state index in [2.05, 4.69) is 32.4 Å². The molecule has 0 atom stereocenters. The van der Waals surface area contributed by atoms with Crippen LogP contribution in [0.1, 0.15) is 31.1 Å². The average Bonchev–Trinajstić information content (AvgIpc) is 2.92. The van der Waals surface area contributed by atoms with E-state index >= 15 is 0 Å². The summed E-state index contributed by atoms with van der Waals surface area (Å²) >= 11 is 6.23. The van der Waals surface area contributed by atoms with Crippen LogP contribution in [0.2, 0.25) is 5.02 Å². The largest absolute Gasteiger partial charge is 0.356 e. The molecule has 0 bridgehead atoms. The summed E-state index contributed by atoms with van der Waals surface area (Å²) < 4.78 is 15.2. The van der Waals surface area contributed by atoms with Crippen LogP contribution in [0.5, 0.6) is 0 Å². The summed E-state index contributed by atoms with van der Waals surface area (Å²) in [6.45, 7) is 11.2. The van der Waals surface area contributed by atoms with Gasteiger partial charge in [-0.15, -0.1) is 16.8 Å². The second-order valence-electron chi connectivity index (χ2n) is 6.92. The first-order valence-corrected chi connectivity index (χ1v) is 9.06. The molecule has 0 saturated carbocycles. The van der Waals surface area contributed by atoms with Crippen molar-refractivity contribution in [2.45, 2.75) is 32.7 Å². The monoisotopic (exact) mass is 392 g/mol. The highest BCUT2D eigenvalue weighted by atomic mass is 35.5. The number of nitrogens with one attached hydrogen (secondary N) is 2. The van der Waals surface area contributed by atoms with Crippen molar-refractivity contribution in [2.75, 3.05) is 13.1 Å². The number of hydrogen-bond donors (Lipinski definition) is 2. The number of rotatable bonds is 7. The Hall–Kier alpha value is -2.41. The predicted octanol–water partition coefficient (Wildman–Crippen LogP) is 3.12. The molecule has 0 amide bonds. The van der Waals surface area contributed by atoms with E-state index < -0.39 is 0 Å². The molecule has 146 valence electrons. The second kappa shape index (κ2) is 8.99. The molecule has 2 rings (SSSR count). The normalized spacial score (nSPS) is 12.1. The van der Waals surface area contributed by atoms with Gasteiger partial charge in [0.2, 0.25) is 0 Å². The van der Waals surface area contributed by atoms with Gasteiger partial charge < -0.3 is 15.2 Å². The Kier molecular flexibility index (Phi) is 6.96. The van der Waals surface area contributed by atoms with Gasteiger partial charge in [0.1, 0.15) is 18.2 Å². The Morgan fingerprint density at radius 2 is 2.11 bits per heavy atom.